The molecule has 2 amide bonds. The fraction of sp³-hybridized carbons (Fsp3) is 0.387. The van der Waals surface area contributed by atoms with Crippen LogP contribution in [-0.2, 0) is 20.7 Å². The number of morpholine rings is 1. The molecule has 4 rings (SSSR count). The summed E-state index contributed by atoms with van der Waals surface area (Å²) in [5.74, 6) is -3.00. The molecule has 1 saturated heterocycles. The minimum absolute atomic E-state index is 0.0876. The van der Waals surface area contributed by atoms with Crippen LogP contribution in [0.5, 0.6) is 0 Å². The number of amides is 2. The van der Waals surface area contributed by atoms with E-state index in [4.69, 9.17) is 15.2 Å². The van der Waals surface area contributed by atoms with E-state index in [1.54, 1.807) is 5.32 Å². The van der Waals surface area contributed by atoms with Gasteiger partial charge in [0.05, 0.1) is 42.9 Å². The van der Waals surface area contributed by atoms with E-state index in [1.165, 1.54) is 66.7 Å². The second-order valence-corrected chi connectivity index (χ2v) is 10.8. The van der Waals surface area contributed by atoms with Crippen molar-refractivity contribution in [3.63, 3.8) is 0 Å². The van der Waals surface area contributed by atoms with Crippen molar-refractivity contribution in [2.24, 2.45) is 5.73 Å². The number of carbonyl (C=O) groups excluding carboxylic acids is 2. The molecular weight excluding hydrogens is 620 g/mol. The molecule has 1 aliphatic rings. The molecule has 0 saturated carbocycles. The number of pyridine rings is 1. The van der Waals surface area contributed by atoms with Gasteiger partial charge in [-0.15, -0.1) is 0 Å². The van der Waals surface area contributed by atoms with E-state index in [2.05, 4.69) is 10.3 Å². The number of ether oxygens (including phenoxy) is 2. The molecule has 1 aliphatic heterocycles. The Hall–Kier alpha value is -4.21. The van der Waals surface area contributed by atoms with Gasteiger partial charge in [-0.05, 0) is 48.2 Å². The zero-order chi connectivity index (χ0) is 33.4. The molecule has 2 aromatic carbocycles. The third kappa shape index (κ3) is 9.40. The van der Waals surface area contributed by atoms with Crippen LogP contribution in [0.2, 0.25) is 0 Å². The Morgan fingerprint density at radius 3 is 2.22 bits per heavy atom. The maximum atomic E-state index is 15.1. The minimum atomic E-state index is -4.56. The van der Waals surface area contributed by atoms with Gasteiger partial charge >= 0.3 is 12.3 Å². The number of nitrogens with two attached hydrogens (primary N) is 1. The molecule has 3 atom stereocenters. The standard InChI is InChI=1S/C31H33F6N5O4/c1-42(29(43)28(38)27(18-2-6-20(32)7-3-18)19-4-8-21(33)9-5-19)26-14-39-13-25(34)24(26)11-10-23-12-40-22(15-45-23)16-46-30(44)41-17-31(35,36)37/h2-9,13-14,22-23,27-28,40H,10-12,15-17,38H2,1H3,(H,41,44)/t22-,23+,28-/m0/s1. The van der Waals surface area contributed by atoms with Gasteiger partial charge in [-0.1, -0.05) is 24.3 Å². The van der Waals surface area contributed by atoms with Crippen molar-refractivity contribution in [2.75, 3.05) is 38.3 Å². The molecular formula is C31H33F6N5O4. The van der Waals surface area contributed by atoms with Crippen molar-refractivity contribution in [1.29, 1.82) is 0 Å². The number of aromatic nitrogens is 1. The number of hydrogen-bond acceptors (Lipinski definition) is 7. The predicted molar refractivity (Wildman–Crippen MR) is 155 cm³/mol. The fourth-order valence-corrected chi connectivity index (χ4v) is 5.09. The highest BCUT2D eigenvalue weighted by Crippen LogP contribution is 2.31. The number of carbonyl (C=O) groups is 2. The molecule has 1 aromatic heterocycles. The molecule has 0 bridgehead atoms. The highest BCUT2D eigenvalue weighted by Gasteiger charge is 2.32. The number of halogens is 6. The lowest BCUT2D eigenvalue weighted by molar-refractivity contribution is -0.124. The molecule has 248 valence electrons. The van der Waals surface area contributed by atoms with E-state index in [9.17, 15) is 31.5 Å². The summed E-state index contributed by atoms with van der Waals surface area (Å²) in [5, 5.41) is 4.69. The third-order valence-electron chi connectivity index (χ3n) is 7.51. The second kappa shape index (κ2) is 15.4. The van der Waals surface area contributed by atoms with Gasteiger partial charge in [0.25, 0.3) is 0 Å². The number of alkyl halides is 3. The smallest absolute Gasteiger partial charge is 0.407 e. The largest absolute Gasteiger partial charge is 0.448 e. The van der Waals surface area contributed by atoms with Gasteiger partial charge in [0, 0.05) is 25.1 Å². The van der Waals surface area contributed by atoms with Gasteiger partial charge < -0.3 is 30.7 Å². The molecule has 1 fully saturated rings. The Labute approximate surface area is 261 Å². The van der Waals surface area contributed by atoms with Crippen molar-refractivity contribution in [3.8, 4) is 0 Å². The minimum Gasteiger partial charge on any atom is -0.448 e. The average Bonchev–Trinajstić information content (AvgIpc) is 3.03. The summed E-state index contributed by atoms with van der Waals surface area (Å²) in [6.07, 6.45) is -3.33. The van der Waals surface area contributed by atoms with E-state index in [1.807, 2.05) is 0 Å². The van der Waals surface area contributed by atoms with Gasteiger partial charge in [-0.2, -0.15) is 13.2 Å². The Morgan fingerprint density at radius 2 is 1.67 bits per heavy atom. The van der Waals surface area contributed by atoms with Crippen LogP contribution in [0.15, 0.2) is 60.9 Å². The summed E-state index contributed by atoms with van der Waals surface area (Å²) in [6.45, 7) is -1.35. The number of alkyl carbamates (subject to hydrolysis) is 1. The van der Waals surface area contributed by atoms with Crippen molar-refractivity contribution in [3.05, 3.63) is 95.1 Å². The zero-order valence-corrected chi connectivity index (χ0v) is 24.7. The fourth-order valence-electron chi connectivity index (χ4n) is 5.09. The number of benzene rings is 2. The second-order valence-electron chi connectivity index (χ2n) is 10.8. The van der Waals surface area contributed by atoms with E-state index in [-0.39, 0.29) is 43.5 Å². The van der Waals surface area contributed by atoms with Crippen molar-refractivity contribution in [1.82, 2.24) is 15.6 Å². The lowest BCUT2D eigenvalue weighted by Gasteiger charge is -2.31. The maximum absolute atomic E-state index is 15.1. The van der Waals surface area contributed by atoms with Gasteiger partial charge in [-0.3, -0.25) is 9.78 Å². The Balaban J connectivity index is 1.39. The molecule has 4 N–H and O–H groups in total. The lowest BCUT2D eigenvalue weighted by Crippen LogP contribution is -2.49. The van der Waals surface area contributed by atoms with Crippen LogP contribution in [0.25, 0.3) is 0 Å². The SMILES string of the molecule is CN(C(=O)[C@@H](N)C(c1ccc(F)cc1)c1ccc(F)cc1)c1cncc(F)c1CC[C@@H]1CN[C@H](COC(=O)NCC(F)(F)F)CO1. The number of nitrogens with one attached hydrogen (secondary N) is 2. The van der Waals surface area contributed by atoms with Gasteiger partial charge in [0.2, 0.25) is 5.91 Å². The predicted octanol–water partition coefficient (Wildman–Crippen LogP) is 4.20. The van der Waals surface area contributed by atoms with Gasteiger partial charge in [0.15, 0.2) is 0 Å². The highest BCUT2D eigenvalue weighted by molar-refractivity contribution is 5.98. The Morgan fingerprint density at radius 1 is 1.07 bits per heavy atom. The molecule has 9 nitrogen and oxygen atoms in total. The third-order valence-corrected chi connectivity index (χ3v) is 7.51. The first-order valence-corrected chi connectivity index (χ1v) is 14.3. The number of hydrogen-bond donors (Lipinski definition) is 3. The van der Waals surface area contributed by atoms with Gasteiger partial charge in [0.1, 0.15) is 30.6 Å². The maximum Gasteiger partial charge on any atom is 0.407 e. The van der Waals surface area contributed by atoms with Crippen LogP contribution in [0, 0.1) is 17.5 Å². The van der Waals surface area contributed by atoms with Crippen LogP contribution < -0.4 is 21.3 Å². The molecule has 3 aromatic rings. The van der Waals surface area contributed by atoms with Crippen LogP contribution in [-0.4, -0.2) is 74.7 Å². The van der Waals surface area contributed by atoms with E-state index in [0.29, 0.717) is 17.5 Å². The quantitative estimate of drug-likeness (QED) is 0.266. The normalized spacial score (nSPS) is 17.4. The van der Waals surface area contributed by atoms with Crippen LogP contribution in [0.1, 0.15) is 29.0 Å². The van der Waals surface area contributed by atoms with E-state index < -0.39 is 60.2 Å². The first-order valence-electron chi connectivity index (χ1n) is 14.3. The highest BCUT2D eigenvalue weighted by atomic mass is 19.4. The van der Waals surface area contributed by atoms with E-state index in [0.717, 1.165) is 6.20 Å². The molecule has 0 unspecified atom stereocenters. The first-order chi connectivity index (χ1) is 21.8. The van der Waals surface area contributed by atoms with Crippen molar-refractivity contribution < 1.29 is 45.4 Å². The molecule has 0 spiro atoms. The molecule has 0 aliphatic carbocycles. The number of likely N-dealkylation sites (N-methyl/N-ethyl adjacent to an activating group) is 1. The summed E-state index contributed by atoms with van der Waals surface area (Å²) < 4.78 is 89.7. The summed E-state index contributed by atoms with van der Waals surface area (Å²) in [5.41, 5.74) is 7.91. The Bertz CT molecular complexity index is 1420. The summed E-state index contributed by atoms with van der Waals surface area (Å²) >= 11 is 0. The topological polar surface area (TPSA) is 119 Å². The van der Waals surface area contributed by atoms with Crippen molar-refractivity contribution >= 4 is 17.7 Å². The lowest BCUT2D eigenvalue weighted by atomic mass is 9.84. The summed E-state index contributed by atoms with van der Waals surface area (Å²) in [7, 11) is 1.43. The monoisotopic (exact) mass is 653 g/mol. The van der Waals surface area contributed by atoms with Crippen molar-refractivity contribution in [2.45, 2.75) is 43.1 Å². The van der Waals surface area contributed by atoms with Crippen LogP contribution >= 0.6 is 0 Å². The molecule has 15 heteroatoms. The Kier molecular flexibility index (Phi) is 11.6. The first kappa shape index (κ1) is 34.7. The van der Waals surface area contributed by atoms with Gasteiger partial charge in [-0.25, -0.2) is 18.0 Å². The van der Waals surface area contributed by atoms with E-state index >= 15 is 4.39 Å². The zero-order valence-electron chi connectivity index (χ0n) is 24.7. The molecule has 0 radical (unpaired) electrons. The average molecular weight is 654 g/mol. The molecule has 46 heavy (non-hydrogen) atoms. The summed E-state index contributed by atoms with van der Waals surface area (Å²) in [4.78, 5) is 30.3. The number of nitrogens with zero attached hydrogens (tertiary/aromatic N) is 2. The number of anilines is 1. The van der Waals surface area contributed by atoms with Crippen LogP contribution in [0.3, 0.4) is 0 Å². The summed E-state index contributed by atoms with van der Waals surface area (Å²) in [6, 6.07) is 9.20. The van der Waals surface area contributed by atoms with Crippen LogP contribution in [0.4, 0.5) is 36.8 Å². The number of rotatable bonds is 11. The molecule has 2 heterocycles.